The van der Waals surface area contributed by atoms with Gasteiger partial charge < -0.3 is 20.9 Å². The van der Waals surface area contributed by atoms with Gasteiger partial charge in [0, 0.05) is 36.9 Å². The van der Waals surface area contributed by atoms with Crippen molar-refractivity contribution in [3.8, 4) is 0 Å². The van der Waals surface area contributed by atoms with Gasteiger partial charge in [-0.25, -0.2) is 9.97 Å². The highest BCUT2D eigenvalue weighted by Gasteiger charge is 2.22. The third kappa shape index (κ3) is 5.30. The van der Waals surface area contributed by atoms with E-state index in [0.29, 0.717) is 5.92 Å². The highest BCUT2D eigenvalue weighted by molar-refractivity contribution is 5.76. The summed E-state index contributed by atoms with van der Waals surface area (Å²) in [4.78, 5) is 15.3. The number of rotatable bonds is 10. The molecular formula is C24H34N6. The number of nitrogens with two attached hydrogens (primary N) is 1. The minimum Gasteiger partial charge on any atom is -0.371 e. The number of benzene rings is 1. The number of nitrogens with zero attached hydrogens (tertiary/aromatic N) is 3. The molecule has 1 aliphatic heterocycles. The van der Waals surface area contributed by atoms with Crippen molar-refractivity contribution in [3.63, 3.8) is 0 Å². The molecule has 0 spiro atoms. The van der Waals surface area contributed by atoms with Gasteiger partial charge in [0.15, 0.2) is 0 Å². The molecule has 0 unspecified atom stereocenters. The van der Waals surface area contributed by atoms with E-state index < -0.39 is 0 Å². The Bertz CT molecular complexity index is 898. The Kier molecular flexibility index (Phi) is 7.19. The minimum absolute atomic E-state index is 0.559. The zero-order valence-electron chi connectivity index (χ0n) is 17.8. The summed E-state index contributed by atoms with van der Waals surface area (Å²) in [7, 11) is 0. The lowest BCUT2D eigenvalue weighted by atomic mass is 9.93. The Morgan fingerprint density at radius 3 is 2.60 bits per heavy atom. The van der Waals surface area contributed by atoms with E-state index in [2.05, 4.69) is 56.6 Å². The molecule has 1 saturated heterocycles. The second kappa shape index (κ2) is 10.4. The molecule has 0 amide bonds. The predicted octanol–water partition coefficient (Wildman–Crippen LogP) is 4.66. The molecule has 1 aliphatic rings. The maximum atomic E-state index is 5.54. The standard InChI is InChI=1S/C24H34N6/c25-13-7-2-1-3-8-14-26-24-27-18-23-22(29-24)17-21(28-23)19-11-15-30(16-12-19)20-9-5-4-6-10-20/h4-6,9-10,17-19,28H,1-3,7-8,11-16,25H2,(H,26,27,29). The van der Waals surface area contributed by atoms with E-state index in [1.807, 2.05) is 6.20 Å². The Morgan fingerprint density at radius 2 is 1.80 bits per heavy atom. The molecule has 30 heavy (non-hydrogen) atoms. The van der Waals surface area contributed by atoms with Crippen LogP contribution in [0.25, 0.3) is 11.0 Å². The van der Waals surface area contributed by atoms with Gasteiger partial charge >= 0.3 is 0 Å². The SMILES string of the molecule is NCCCCCCCNc1ncc2[nH]c(C3CCN(c4ccccc4)CC3)cc2n1. The van der Waals surface area contributed by atoms with Gasteiger partial charge in [0.05, 0.1) is 17.2 Å². The van der Waals surface area contributed by atoms with Crippen molar-refractivity contribution in [3.05, 3.63) is 48.3 Å². The number of aromatic nitrogens is 3. The van der Waals surface area contributed by atoms with Crippen molar-refractivity contribution in [2.75, 3.05) is 36.4 Å². The first-order valence-corrected chi connectivity index (χ1v) is 11.4. The first-order valence-electron chi connectivity index (χ1n) is 11.4. The Morgan fingerprint density at radius 1 is 1.03 bits per heavy atom. The number of para-hydroxylation sites is 1. The first-order chi connectivity index (χ1) is 14.8. The summed E-state index contributed by atoms with van der Waals surface area (Å²) in [5.74, 6) is 1.29. The average molecular weight is 407 g/mol. The zero-order chi connectivity index (χ0) is 20.6. The van der Waals surface area contributed by atoms with E-state index in [1.54, 1.807) is 0 Å². The van der Waals surface area contributed by atoms with Crippen molar-refractivity contribution in [1.82, 2.24) is 15.0 Å². The molecule has 6 heteroatoms. The molecule has 4 N–H and O–H groups in total. The third-order valence-corrected chi connectivity index (χ3v) is 6.11. The van der Waals surface area contributed by atoms with Crippen LogP contribution < -0.4 is 16.0 Å². The largest absolute Gasteiger partial charge is 0.371 e. The lowest BCUT2D eigenvalue weighted by Crippen LogP contribution is -2.32. The second-order valence-corrected chi connectivity index (χ2v) is 8.30. The highest BCUT2D eigenvalue weighted by Crippen LogP contribution is 2.31. The molecule has 6 nitrogen and oxygen atoms in total. The lowest BCUT2D eigenvalue weighted by molar-refractivity contribution is 0.498. The quantitative estimate of drug-likeness (QED) is 0.427. The molecule has 3 heterocycles. The molecular weight excluding hydrogens is 372 g/mol. The Labute approximate surface area is 179 Å². The van der Waals surface area contributed by atoms with Crippen molar-refractivity contribution < 1.29 is 0 Å². The van der Waals surface area contributed by atoms with Gasteiger partial charge in [0.25, 0.3) is 0 Å². The Balaban J connectivity index is 1.29. The molecule has 0 saturated carbocycles. The maximum absolute atomic E-state index is 5.54. The minimum atomic E-state index is 0.559. The Hall–Kier alpha value is -2.60. The van der Waals surface area contributed by atoms with Crippen LogP contribution in [-0.4, -0.2) is 41.1 Å². The number of anilines is 2. The first kappa shape index (κ1) is 20.7. The fraction of sp³-hybridized carbons (Fsp3) is 0.500. The maximum Gasteiger partial charge on any atom is 0.223 e. The smallest absolute Gasteiger partial charge is 0.223 e. The molecule has 1 fully saturated rings. The van der Waals surface area contributed by atoms with Gasteiger partial charge in [-0.3, -0.25) is 0 Å². The topological polar surface area (TPSA) is 82.9 Å². The van der Waals surface area contributed by atoms with Crippen LogP contribution in [-0.2, 0) is 0 Å². The molecule has 0 aliphatic carbocycles. The van der Waals surface area contributed by atoms with Gasteiger partial charge in [-0.15, -0.1) is 0 Å². The number of piperidine rings is 1. The second-order valence-electron chi connectivity index (χ2n) is 8.30. The number of hydrogen-bond donors (Lipinski definition) is 3. The van der Waals surface area contributed by atoms with Crippen LogP contribution in [0.2, 0.25) is 0 Å². The van der Waals surface area contributed by atoms with Crippen molar-refractivity contribution in [2.45, 2.75) is 50.9 Å². The van der Waals surface area contributed by atoms with E-state index in [9.17, 15) is 0 Å². The van der Waals surface area contributed by atoms with Gasteiger partial charge in [-0.1, -0.05) is 37.5 Å². The third-order valence-electron chi connectivity index (χ3n) is 6.11. The average Bonchev–Trinajstić information content (AvgIpc) is 3.23. The van der Waals surface area contributed by atoms with Gasteiger partial charge in [-0.2, -0.15) is 0 Å². The molecule has 0 atom stereocenters. The molecule has 0 radical (unpaired) electrons. The van der Waals surface area contributed by atoms with E-state index in [1.165, 1.54) is 30.6 Å². The predicted molar refractivity (Wildman–Crippen MR) is 125 cm³/mol. The van der Waals surface area contributed by atoms with Crippen LogP contribution in [0, 0.1) is 0 Å². The van der Waals surface area contributed by atoms with Crippen LogP contribution in [0.15, 0.2) is 42.6 Å². The summed E-state index contributed by atoms with van der Waals surface area (Å²) in [5.41, 5.74) is 10.2. The summed E-state index contributed by atoms with van der Waals surface area (Å²) < 4.78 is 0. The molecule has 2 aromatic heterocycles. The van der Waals surface area contributed by atoms with E-state index in [-0.39, 0.29) is 0 Å². The van der Waals surface area contributed by atoms with E-state index >= 15 is 0 Å². The normalized spacial score (nSPS) is 15.0. The molecule has 0 bridgehead atoms. The van der Waals surface area contributed by atoms with Crippen molar-refractivity contribution in [2.24, 2.45) is 5.73 Å². The summed E-state index contributed by atoms with van der Waals surface area (Å²) >= 11 is 0. The molecule has 3 aromatic rings. The van der Waals surface area contributed by atoms with Crippen molar-refractivity contribution in [1.29, 1.82) is 0 Å². The molecule has 1 aromatic carbocycles. The van der Waals surface area contributed by atoms with E-state index in [0.717, 1.165) is 68.8 Å². The molecule has 160 valence electrons. The number of aromatic amines is 1. The summed E-state index contributed by atoms with van der Waals surface area (Å²) in [6.07, 6.45) is 10.2. The van der Waals surface area contributed by atoms with Crippen LogP contribution >= 0.6 is 0 Å². The fourth-order valence-corrected chi connectivity index (χ4v) is 4.33. The summed E-state index contributed by atoms with van der Waals surface area (Å²) in [6.45, 7) is 3.90. The van der Waals surface area contributed by atoms with Crippen LogP contribution in [0.4, 0.5) is 11.6 Å². The lowest BCUT2D eigenvalue weighted by Gasteiger charge is -2.33. The van der Waals surface area contributed by atoms with Crippen LogP contribution in [0.3, 0.4) is 0 Å². The summed E-state index contributed by atoms with van der Waals surface area (Å²) in [5, 5.41) is 3.37. The van der Waals surface area contributed by atoms with E-state index in [4.69, 9.17) is 10.7 Å². The highest BCUT2D eigenvalue weighted by atomic mass is 15.1. The van der Waals surface area contributed by atoms with Gasteiger partial charge in [0.1, 0.15) is 0 Å². The number of hydrogen-bond acceptors (Lipinski definition) is 5. The summed E-state index contributed by atoms with van der Waals surface area (Å²) in [6, 6.07) is 12.9. The number of H-pyrrole nitrogens is 1. The fourth-order valence-electron chi connectivity index (χ4n) is 4.33. The zero-order valence-corrected chi connectivity index (χ0v) is 17.8. The van der Waals surface area contributed by atoms with Crippen molar-refractivity contribution >= 4 is 22.7 Å². The molecule has 4 rings (SSSR count). The number of fused-ring (bicyclic) bond motifs is 1. The van der Waals surface area contributed by atoms with Crippen LogP contribution in [0.1, 0.15) is 56.6 Å². The van der Waals surface area contributed by atoms with Gasteiger partial charge in [0.2, 0.25) is 5.95 Å². The van der Waals surface area contributed by atoms with Gasteiger partial charge in [-0.05, 0) is 50.4 Å². The number of unbranched alkanes of at least 4 members (excludes halogenated alkanes) is 4. The van der Waals surface area contributed by atoms with Crippen LogP contribution in [0.5, 0.6) is 0 Å². The number of nitrogens with one attached hydrogen (secondary N) is 2. The monoisotopic (exact) mass is 406 g/mol.